The average molecular weight is 215 g/mol. The predicted molar refractivity (Wildman–Crippen MR) is 51.3 cm³/mol. The minimum absolute atomic E-state index is 0.551. The lowest BCUT2D eigenvalue weighted by atomic mass is 10.1. The fourth-order valence-corrected chi connectivity index (χ4v) is 0.884. The van der Waals surface area contributed by atoms with Crippen LogP contribution >= 0.6 is 0 Å². The molecular weight excluding hydrogens is 204 g/mol. The summed E-state index contributed by atoms with van der Waals surface area (Å²) in [7, 11) is 0. The summed E-state index contributed by atoms with van der Waals surface area (Å²) in [5, 5.41) is 11.3. The van der Waals surface area contributed by atoms with Crippen molar-refractivity contribution in [2.24, 2.45) is 0 Å². The van der Waals surface area contributed by atoms with Gasteiger partial charge in [-0.05, 0) is 26.0 Å². The Bertz CT molecular complexity index is 365. The Morgan fingerprint density at radius 3 is 2.20 bits per heavy atom. The molecule has 2 N–H and O–H groups in total. The summed E-state index contributed by atoms with van der Waals surface area (Å²) in [6, 6.07) is 3.22. The molecule has 5 heteroatoms. The van der Waals surface area contributed by atoms with Crippen LogP contribution in [0.2, 0.25) is 0 Å². The van der Waals surface area contributed by atoms with Crippen molar-refractivity contribution in [2.45, 2.75) is 19.4 Å². The summed E-state index contributed by atoms with van der Waals surface area (Å²) < 4.78 is 26.1. The zero-order valence-corrected chi connectivity index (χ0v) is 8.34. The quantitative estimate of drug-likeness (QED) is 0.788. The molecule has 3 nitrogen and oxygen atoms in total. The van der Waals surface area contributed by atoms with Crippen LogP contribution in [0.25, 0.3) is 0 Å². The second kappa shape index (κ2) is 3.94. The van der Waals surface area contributed by atoms with E-state index in [1.807, 2.05) is 5.32 Å². The molecule has 1 aromatic rings. The molecule has 0 spiro atoms. The molecule has 0 radical (unpaired) electrons. The number of benzene rings is 1. The number of carbonyl (C=O) groups excluding carboxylic acids is 1. The van der Waals surface area contributed by atoms with Crippen LogP contribution in [0.5, 0.6) is 0 Å². The molecule has 0 atom stereocenters. The average Bonchev–Trinajstić information content (AvgIpc) is 2.09. The summed E-state index contributed by atoms with van der Waals surface area (Å²) in [5.41, 5.74) is -2.24. The van der Waals surface area contributed by atoms with Crippen LogP contribution in [-0.2, 0) is 4.79 Å². The molecule has 0 saturated carbocycles. The molecule has 0 aliphatic carbocycles. The van der Waals surface area contributed by atoms with Gasteiger partial charge in [-0.1, -0.05) is 6.07 Å². The van der Waals surface area contributed by atoms with Crippen molar-refractivity contribution in [3.63, 3.8) is 0 Å². The number of para-hydroxylation sites is 1. The normalized spacial score (nSPS) is 11.3. The van der Waals surface area contributed by atoms with Crippen molar-refractivity contribution in [3.8, 4) is 0 Å². The first-order valence-corrected chi connectivity index (χ1v) is 4.30. The van der Waals surface area contributed by atoms with Gasteiger partial charge in [-0.2, -0.15) is 0 Å². The van der Waals surface area contributed by atoms with Gasteiger partial charge in [0.25, 0.3) is 5.91 Å². The van der Waals surface area contributed by atoms with Gasteiger partial charge in [0.1, 0.15) is 22.9 Å². The Labute approximate surface area is 85.7 Å². The third kappa shape index (κ3) is 2.73. The topological polar surface area (TPSA) is 49.3 Å². The number of rotatable bonds is 2. The van der Waals surface area contributed by atoms with Crippen molar-refractivity contribution in [1.82, 2.24) is 0 Å². The van der Waals surface area contributed by atoms with Gasteiger partial charge in [0.15, 0.2) is 0 Å². The third-order valence-electron chi connectivity index (χ3n) is 1.76. The zero-order chi connectivity index (χ0) is 11.6. The van der Waals surface area contributed by atoms with Gasteiger partial charge in [-0.15, -0.1) is 0 Å². The maximum absolute atomic E-state index is 13.1. The summed E-state index contributed by atoms with van der Waals surface area (Å²) in [4.78, 5) is 11.2. The first-order chi connectivity index (χ1) is 6.82. The van der Waals surface area contributed by atoms with E-state index in [9.17, 15) is 18.7 Å². The molecule has 0 fully saturated rings. The largest absolute Gasteiger partial charge is 0.381 e. The van der Waals surface area contributed by atoms with Crippen molar-refractivity contribution >= 4 is 11.6 Å². The monoisotopic (exact) mass is 215 g/mol. The van der Waals surface area contributed by atoms with Gasteiger partial charge >= 0.3 is 0 Å². The van der Waals surface area contributed by atoms with E-state index in [1.54, 1.807) is 0 Å². The van der Waals surface area contributed by atoms with E-state index in [4.69, 9.17) is 0 Å². The van der Waals surface area contributed by atoms with E-state index in [0.29, 0.717) is 0 Å². The Morgan fingerprint density at radius 2 is 1.80 bits per heavy atom. The highest BCUT2D eigenvalue weighted by molar-refractivity contribution is 5.96. The Hall–Kier alpha value is -1.49. The molecule has 0 unspecified atom stereocenters. The summed E-state index contributed by atoms with van der Waals surface area (Å²) in [6.45, 7) is 2.45. The fourth-order valence-electron chi connectivity index (χ4n) is 0.884. The zero-order valence-electron chi connectivity index (χ0n) is 8.34. The van der Waals surface area contributed by atoms with E-state index in [1.165, 1.54) is 19.9 Å². The van der Waals surface area contributed by atoms with Crippen LogP contribution in [-0.4, -0.2) is 16.6 Å². The van der Waals surface area contributed by atoms with Crippen LogP contribution in [0.15, 0.2) is 18.2 Å². The lowest BCUT2D eigenvalue weighted by Gasteiger charge is -2.17. The van der Waals surface area contributed by atoms with E-state index in [0.717, 1.165) is 12.1 Å². The highest BCUT2D eigenvalue weighted by Gasteiger charge is 2.25. The number of halogens is 2. The molecule has 0 aromatic heterocycles. The molecule has 1 aromatic carbocycles. The van der Waals surface area contributed by atoms with E-state index >= 15 is 0 Å². The fraction of sp³-hybridized carbons (Fsp3) is 0.300. The van der Waals surface area contributed by atoms with Crippen molar-refractivity contribution in [1.29, 1.82) is 0 Å². The number of nitrogens with one attached hydrogen (secondary N) is 1. The highest BCUT2D eigenvalue weighted by atomic mass is 19.1. The second-order valence-electron chi connectivity index (χ2n) is 3.61. The smallest absolute Gasteiger partial charge is 0.255 e. The van der Waals surface area contributed by atoms with Crippen molar-refractivity contribution in [2.75, 3.05) is 5.32 Å². The number of amides is 1. The molecule has 1 rings (SSSR count). The first-order valence-electron chi connectivity index (χ1n) is 4.30. The lowest BCUT2D eigenvalue weighted by molar-refractivity contribution is -0.130. The van der Waals surface area contributed by atoms with Crippen LogP contribution < -0.4 is 5.32 Å². The Balaban J connectivity index is 2.95. The number of carbonyl (C=O) groups is 1. The lowest BCUT2D eigenvalue weighted by Crippen LogP contribution is -2.37. The Kier molecular flexibility index (Phi) is 3.04. The molecule has 82 valence electrons. The van der Waals surface area contributed by atoms with Gasteiger partial charge in [0.2, 0.25) is 0 Å². The number of hydrogen-bond donors (Lipinski definition) is 2. The standard InChI is InChI=1S/C10H11F2NO2/c1-10(2,15)9(14)13-8-6(11)4-3-5-7(8)12/h3-5,15H,1-2H3,(H,13,14). The van der Waals surface area contributed by atoms with Gasteiger partial charge in [-0.25, -0.2) is 8.78 Å². The van der Waals surface area contributed by atoms with Crippen LogP contribution in [0.1, 0.15) is 13.8 Å². The molecule has 1 amide bonds. The SMILES string of the molecule is CC(C)(O)C(=O)Nc1c(F)cccc1F. The number of hydrogen-bond acceptors (Lipinski definition) is 2. The maximum Gasteiger partial charge on any atom is 0.255 e. The van der Waals surface area contributed by atoms with Gasteiger partial charge < -0.3 is 10.4 Å². The van der Waals surface area contributed by atoms with Crippen LogP contribution in [0.4, 0.5) is 14.5 Å². The van der Waals surface area contributed by atoms with Crippen LogP contribution in [0, 0.1) is 11.6 Å². The Morgan fingerprint density at radius 1 is 1.33 bits per heavy atom. The minimum Gasteiger partial charge on any atom is -0.381 e. The molecule has 0 bridgehead atoms. The number of aliphatic hydroxyl groups is 1. The minimum atomic E-state index is -1.69. The van der Waals surface area contributed by atoms with E-state index < -0.39 is 28.8 Å². The van der Waals surface area contributed by atoms with Gasteiger partial charge in [-0.3, -0.25) is 4.79 Å². The molecular formula is C10H11F2NO2. The molecule has 0 heterocycles. The maximum atomic E-state index is 13.1. The third-order valence-corrected chi connectivity index (χ3v) is 1.76. The summed E-state index contributed by atoms with van der Waals surface area (Å²) >= 11 is 0. The van der Waals surface area contributed by atoms with Crippen molar-refractivity contribution < 1.29 is 18.7 Å². The van der Waals surface area contributed by atoms with Gasteiger partial charge in [0.05, 0.1) is 0 Å². The molecule has 0 saturated heterocycles. The second-order valence-corrected chi connectivity index (χ2v) is 3.61. The molecule has 15 heavy (non-hydrogen) atoms. The van der Waals surface area contributed by atoms with E-state index in [2.05, 4.69) is 0 Å². The summed E-state index contributed by atoms with van der Waals surface area (Å²) in [5.74, 6) is -2.63. The van der Waals surface area contributed by atoms with Crippen molar-refractivity contribution in [3.05, 3.63) is 29.8 Å². The van der Waals surface area contributed by atoms with Gasteiger partial charge in [0, 0.05) is 0 Å². The highest BCUT2D eigenvalue weighted by Crippen LogP contribution is 2.19. The predicted octanol–water partition coefficient (Wildman–Crippen LogP) is 1.67. The van der Waals surface area contributed by atoms with Crippen LogP contribution in [0.3, 0.4) is 0 Å². The summed E-state index contributed by atoms with van der Waals surface area (Å²) in [6.07, 6.45) is 0. The molecule has 0 aliphatic rings. The number of anilines is 1. The van der Waals surface area contributed by atoms with E-state index in [-0.39, 0.29) is 0 Å². The first kappa shape index (κ1) is 11.6. The molecule has 0 aliphatic heterocycles.